The number of hydrogen-bond acceptors (Lipinski definition) is 4. The van der Waals surface area contributed by atoms with Gasteiger partial charge in [0.1, 0.15) is 22.1 Å². The highest BCUT2D eigenvalue weighted by molar-refractivity contribution is 5.79. The molecule has 0 fully saturated rings. The Kier molecular flexibility index (Phi) is 22.5. The molecular formula is C106H102N14+8. The van der Waals surface area contributed by atoms with Crippen LogP contribution in [0, 0.1) is 96.2 Å². The third-order valence-corrected chi connectivity index (χ3v) is 23.0. The zero-order valence-electron chi connectivity index (χ0n) is 72.0. The van der Waals surface area contributed by atoms with Crippen molar-refractivity contribution >= 4 is 77.3 Å². The molecule has 8 aromatic heterocycles. The first-order chi connectivity index (χ1) is 57.7. The van der Waals surface area contributed by atoms with Crippen molar-refractivity contribution in [3.8, 4) is 45.5 Å². The van der Waals surface area contributed by atoms with Gasteiger partial charge in [0.05, 0.1) is 60.2 Å². The molecule has 8 heterocycles. The lowest BCUT2D eigenvalue weighted by molar-refractivity contribution is -0.606. The van der Waals surface area contributed by atoms with Crippen LogP contribution < -0.4 is 36.5 Å². The summed E-state index contributed by atoms with van der Waals surface area (Å²) in [5.41, 5.74) is 37.0. The summed E-state index contributed by atoms with van der Waals surface area (Å²) in [5, 5.41) is 2.41. The van der Waals surface area contributed by atoms with E-state index in [4.69, 9.17) is 13.1 Å². The molecule has 0 atom stereocenters. The molecule has 14 heteroatoms. The highest BCUT2D eigenvalue weighted by Gasteiger charge is 2.35. The van der Waals surface area contributed by atoms with Crippen LogP contribution in [-0.2, 0) is 10.8 Å². The second-order valence-corrected chi connectivity index (χ2v) is 33.3. The molecule has 0 unspecified atom stereocenters. The Hall–Kier alpha value is -14.3. The minimum atomic E-state index is 0.00749. The van der Waals surface area contributed by atoms with Gasteiger partial charge in [0, 0.05) is 187 Å². The van der Waals surface area contributed by atoms with Crippen LogP contribution in [0.3, 0.4) is 0 Å². The second-order valence-electron chi connectivity index (χ2n) is 33.3. The van der Waals surface area contributed by atoms with E-state index in [9.17, 15) is 0 Å². The van der Waals surface area contributed by atoms with Crippen molar-refractivity contribution in [2.24, 2.45) is 0 Å². The van der Waals surface area contributed by atoms with E-state index in [2.05, 4.69) is 360 Å². The number of benzene rings is 10. The normalized spacial score (nSPS) is 11.4. The fourth-order valence-electron chi connectivity index (χ4n) is 16.4. The van der Waals surface area contributed by atoms with Crippen LogP contribution in [0.15, 0.2) is 292 Å². The first-order valence-electron chi connectivity index (χ1n) is 40.9. The lowest BCUT2D eigenvalue weighted by Gasteiger charge is -2.21. The predicted octanol–water partition coefficient (Wildman–Crippen LogP) is 20.9. The van der Waals surface area contributed by atoms with Gasteiger partial charge in [-0.1, -0.05) is 126 Å². The van der Waals surface area contributed by atoms with Crippen LogP contribution >= 0.6 is 0 Å². The van der Waals surface area contributed by atoms with Crippen LogP contribution in [0.25, 0.3) is 121 Å². The van der Waals surface area contributed by atoms with E-state index in [1.165, 1.54) is 72.7 Å². The fraction of sp³-hybridized carbons (Fsp3) is 0.189. The lowest BCUT2D eigenvalue weighted by atomic mass is 9.85. The summed E-state index contributed by atoms with van der Waals surface area (Å²) in [6.07, 6.45) is 11.9. The number of aromatic nitrogens is 12. The van der Waals surface area contributed by atoms with Crippen molar-refractivity contribution < 1.29 is 36.5 Å². The van der Waals surface area contributed by atoms with E-state index in [-0.39, 0.29) is 10.8 Å². The smallest absolute Gasteiger partial charge is 0.237 e. The molecule has 0 spiro atoms. The van der Waals surface area contributed by atoms with Gasteiger partial charge in [0.25, 0.3) is 0 Å². The number of nitrogens with zero attached hydrogens (tertiary/aromatic N) is 14. The first-order valence-corrected chi connectivity index (χ1v) is 40.9. The Morgan fingerprint density at radius 1 is 0.242 bits per heavy atom. The number of hydrogen-bond donors (Lipinski definition) is 0. The Morgan fingerprint density at radius 3 is 0.783 bits per heavy atom. The van der Waals surface area contributed by atoms with Crippen molar-refractivity contribution in [1.82, 2.24) is 19.9 Å². The third kappa shape index (κ3) is 15.7. The maximum Gasteiger partial charge on any atom is 0.237 e. The van der Waals surface area contributed by atoms with Gasteiger partial charge >= 0.3 is 0 Å². The highest BCUT2D eigenvalue weighted by atomic mass is 15.1. The summed E-state index contributed by atoms with van der Waals surface area (Å²) >= 11 is 0. The lowest BCUT2D eigenvalue weighted by Crippen LogP contribution is -2.41. The predicted molar refractivity (Wildman–Crippen MR) is 481 cm³/mol. The van der Waals surface area contributed by atoms with Crippen molar-refractivity contribution in [2.45, 2.75) is 135 Å². The molecule has 18 aromatic rings. The Labute approximate surface area is 704 Å². The Bertz CT molecular complexity index is 6980. The quantitative estimate of drug-likeness (QED) is 0.112. The molecule has 0 aliphatic carbocycles. The molecular weight excluding hydrogens is 1470 g/mol. The Balaban J connectivity index is 0.000000125. The van der Waals surface area contributed by atoms with E-state index < -0.39 is 0 Å². The summed E-state index contributed by atoms with van der Waals surface area (Å²) in [5.74, 6) is 0. The first kappa shape index (κ1) is 80.8. The third-order valence-electron chi connectivity index (χ3n) is 23.0. The minimum absolute atomic E-state index is 0.00749. The topological polar surface area (TPSA) is 91.3 Å². The van der Waals surface area contributed by atoms with Crippen LogP contribution in [0.2, 0.25) is 0 Å². The van der Waals surface area contributed by atoms with E-state index in [0.29, 0.717) is 11.4 Å². The SMILES string of the molecule is Cc1c(-[n+]2c(C)ccc3ccccc32)cc(C(C)(C)C)cc1-[n+]1c(C)cnc2ccccc21.Cc1c(-[n+]2ccccc2C)cc(C(C)(C)C)cc1-[n+]1c(C)cnc2ccccc21.[C-]#[N+]c1cc(-[n+]2c(C)ccc3ccccc32)c(C)c(-[n+]2c(C)cnc3ccccc32)c1.[C-]#[N+]c1cc(-[n+]2ccccc2C)c(C)c(-[n+]2c(C)cnc3ccccc32)c1. The van der Waals surface area contributed by atoms with Gasteiger partial charge in [-0.15, -0.1) is 0 Å². The molecule has 0 radical (unpaired) electrons. The van der Waals surface area contributed by atoms with E-state index in [0.717, 1.165) is 118 Å². The standard InChI is InChI=1S/C30H31N3.C27H22N4.C26H29N3.C23H20N4/c1-20-15-16-23-11-7-9-13-26(23)32(20)28-17-24(30(4,5)6)18-29(22(28)3)33-21(2)19-31-25-12-8-10-14-27(25)33;1-18-13-14-21-9-5-7-11-24(21)30(18)26-15-22(28-4)16-27(20(26)3)31-19(2)17-29-23-10-6-8-12-25(23)31;1-18-11-9-10-14-28(18)24-15-21(26(4,5)6)16-25(20(24)3)29-19(2)17-27-22-12-7-8-13-23(22)29;1-16-9-7-8-12-26(16)22-13-19(24-4)14-23(18(22)3)27-17(2)15-25-20-10-5-6-11-21(20)27/h7-19H,1-6H3;5-17H,1-3H3;7-17H,1-6H3;5-15H,1-3H3/q4*+2. The molecule has 588 valence electrons. The van der Waals surface area contributed by atoms with Crippen molar-refractivity contribution in [2.75, 3.05) is 0 Å². The average molecular weight is 1570 g/mol. The Morgan fingerprint density at radius 2 is 0.483 bits per heavy atom. The van der Waals surface area contributed by atoms with E-state index >= 15 is 0 Å². The summed E-state index contributed by atoms with van der Waals surface area (Å²) in [6.45, 7) is 54.6. The maximum absolute atomic E-state index is 7.76. The maximum atomic E-state index is 7.76. The van der Waals surface area contributed by atoms with Crippen molar-refractivity contribution in [3.05, 3.63) is 394 Å². The molecule has 14 nitrogen and oxygen atoms in total. The van der Waals surface area contributed by atoms with Crippen molar-refractivity contribution in [1.29, 1.82) is 0 Å². The van der Waals surface area contributed by atoms with Gasteiger partial charge in [-0.2, -0.15) is 36.5 Å². The van der Waals surface area contributed by atoms with Crippen LogP contribution in [-0.4, -0.2) is 19.9 Å². The van der Waals surface area contributed by atoms with Crippen LogP contribution in [0.4, 0.5) is 11.4 Å². The van der Waals surface area contributed by atoms with Gasteiger partial charge in [0.2, 0.25) is 101 Å². The average Bonchev–Trinajstić information content (AvgIpc) is 0.704. The largest absolute Gasteiger partial charge is 0.243 e. The number of para-hydroxylation sites is 10. The summed E-state index contributed by atoms with van der Waals surface area (Å²) < 4.78 is 18.2. The molecule has 0 aliphatic heterocycles. The molecule has 0 bridgehead atoms. The molecule has 0 saturated heterocycles. The van der Waals surface area contributed by atoms with Crippen LogP contribution in [0.1, 0.15) is 120 Å². The zero-order valence-corrected chi connectivity index (χ0v) is 72.0. The number of fused-ring (bicyclic) bond motifs is 6. The molecule has 0 aliphatic rings. The van der Waals surface area contributed by atoms with Gasteiger partial charge in [-0.05, 0) is 98.2 Å². The molecule has 0 saturated carbocycles. The van der Waals surface area contributed by atoms with E-state index in [1.54, 1.807) is 0 Å². The fourth-order valence-corrected chi connectivity index (χ4v) is 16.4. The van der Waals surface area contributed by atoms with Crippen LogP contribution in [0.5, 0.6) is 0 Å². The van der Waals surface area contributed by atoms with Gasteiger partial charge in [-0.3, -0.25) is 0 Å². The monoisotopic (exact) mass is 1570 g/mol. The van der Waals surface area contributed by atoms with Crippen molar-refractivity contribution in [3.63, 3.8) is 0 Å². The number of pyridine rings is 4. The second kappa shape index (κ2) is 33.3. The summed E-state index contributed by atoms with van der Waals surface area (Å²) in [4.78, 5) is 26.0. The summed E-state index contributed by atoms with van der Waals surface area (Å²) in [6, 6.07) is 88.4. The van der Waals surface area contributed by atoms with E-state index in [1.807, 2.05) is 123 Å². The van der Waals surface area contributed by atoms with Gasteiger partial charge in [0.15, 0.2) is 46.5 Å². The zero-order chi connectivity index (χ0) is 84.6. The minimum Gasteiger partial charge on any atom is -0.243 e. The van der Waals surface area contributed by atoms with Gasteiger partial charge in [-0.25, -0.2) is 29.6 Å². The number of aryl methyl sites for hydroxylation is 8. The molecule has 18 rings (SSSR count). The highest BCUT2D eigenvalue weighted by Crippen LogP contribution is 2.34. The number of rotatable bonds is 8. The molecule has 0 amide bonds. The summed E-state index contributed by atoms with van der Waals surface area (Å²) in [7, 11) is 0. The molecule has 10 aromatic carbocycles. The molecule has 120 heavy (non-hydrogen) atoms. The molecule has 0 N–H and O–H groups in total. The van der Waals surface area contributed by atoms with Gasteiger partial charge < -0.3 is 0 Å².